The fraction of sp³-hybridized carbons (Fsp3) is 0.333. The van der Waals surface area contributed by atoms with Crippen molar-refractivity contribution < 1.29 is 33.6 Å². The summed E-state index contributed by atoms with van der Waals surface area (Å²) in [5, 5.41) is 10.6. The standard InChI is InChI=1S/C21H22O7/c1-13-17(27-19(23)14-9-5-3-6-10-14)18(16(22)21(25-2)26-13)28-20(24)15-11-7-4-8-12-15/h3-13,16-18,21-22H,1-2H3/t13-,16+,17-,18-,21+/m0/s1. The zero-order valence-corrected chi connectivity index (χ0v) is 15.6. The van der Waals surface area contributed by atoms with Crippen molar-refractivity contribution >= 4 is 11.9 Å². The molecule has 7 heteroatoms. The van der Waals surface area contributed by atoms with Gasteiger partial charge in [-0.25, -0.2) is 9.59 Å². The Morgan fingerprint density at radius 2 is 1.32 bits per heavy atom. The van der Waals surface area contributed by atoms with Crippen LogP contribution in [0.15, 0.2) is 60.7 Å². The lowest BCUT2D eigenvalue weighted by Crippen LogP contribution is -2.59. The molecule has 0 radical (unpaired) electrons. The molecule has 148 valence electrons. The van der Waals surface area contributed by atoms with Gasteiger partial charge in [0, 0.05) is 7.11 Å². The topological polar surface area (TPSA) is 91.3 Å². The first kappa shape index (κ1) is 20.0. The molecule has 0 amide bonds. The zero-order valence-electron chi connectivity index (χ0n) is 15.6. The smallest absolute Gasteiger partial charge is 0.338 e. The predicted octanol–water partition coefficient (Wildman–Crippen LogP) is 2.19. The van der Waals surface area contributed by atoms with Gasteiger partial charge in [-0.3, -0.25) is 0 Å². The summed E-state index contributed by atoms with van der Waals surface area (Å²) in [7, 11) is 1.37. The van der Waals surface area contributed by atoms with Crippen LogP contribution in [0.5, 0.6) is 0 Å². The molecule has 7 nitrogen and oxygen atoms in total. The molecule has 28 heavy (non-hydrogen) atoms. The van der Waals surface area contributed by atoms with E-state index in [1.54, 1.807) is 67.6 Å². The third-order valence-corrected chi connectivity index (χ3v) is 4.49. The van der Waals surface area contributed by atoms with Gasteiger partial charge in [-0.1, -0.05) is 36.4 Å². The molecule has 1 N–H and O–H groups in total. The Labute approximate surface area is 162 Å². The molecule has 0 unspecified atom stereocenters. The summed E-state index contributed by atoms with van der Waals surface area (Å²) < 4.78 is 21.8. The molecule has 1 aliphatic heterocycles. The molecule has 0 aromatic heterocycles. The number of hydrogen-bond acceptors (Lipinski definition) is 7. The summed E-state index contributed by atoms with van der Waals surface area (Å²) in [6.45, 7) is 1.66. The zero-order chi connectivity index (χ0) is 20.1. The average molecular weight is 386 g/mol. The minimum absolute atomic E-state index is 0.316. The van der Waals surface area contributed by atoms with Gasteiger partial charge in [-0.05, 0) is 31.2 Å². The van der Waals surface area contributed by atoms with Crippen LogP contribution in [-0.4, -0.2) is 54.9 Å². The van der Waals surface area contributed by atoms with Crippen molar-refractivity contribution in [2.75, 3.05) is 7.11 Å². The van der Waals surface area contributed by atoms with Gasteiger partial charge in [0.05, 0.1) is 17.2 Å². The van der Waals surface area contributed by atoms with Crippen LogP contribution >= 0.6 is 0 Å². The van der Waals surface area contributed by atoms with Crippen molar-refractivity contribution in [2.45, 2.75) is 37.6 Å². The van der Waals surface area contributed by atoms with Crippen LogP contribution in [0.2, 0.25) is 0 Å². The highest BCUT2D eigenvalue weighted by Crippen LogP contribution is 2.27. The molecule has 1 aliphatic rings. The van der Waals surface area contributed by atoms with Gasteiger partial charge in [-0.15, -0.1) is 0 Å². The summed E-state index contributed by atoms with van der Waals surface area (Å²) >= 11 is 0. The number of aliphatic hydroxyl groups is 1. The number of benzene rings is 2. The molecule has 2 aromatic rings. The lowest BCUT2D eigenvalue weighted by Gasteiger charge is -2.41. The number of methoxy groups -OCH3 is 1. The third-order valence-electron chi connectivity index (χ3n) is 4.49. The van der Waals surface area contributed by atoms with E-state index in [1.807, 2.05) is 0 Å². The fourth-order valence-corrected chi connectivity index (χ4v) is 3.01. The van der Waals surface area contributed by atoms with Crippen LogP contribution < -0.4 is 0 Å². The van der Waals surface area contributed by atoms with Crippen LogP contribution in [0.1, 0.15) is 27.6 Å². The van der Waals surface area contributed by atoms with E-state index >= 15 is 0 Å². The van der Waals surface area contributed by atoms with E-state index in [9.17, 15) is 14.7 Å². The second-order valence-corrected chi connectivity index (χ2v) is 6.41. The summed E-state index contributed by atoms with van der Waals surface area (Å²) in [6.07, 6.45) is -5.19. The van der Waals surface area contributed by atoms with Gasteiger partial charge in [0.2, 0.25) is 0 Å². The Balaban J connectivity index is 1.82. The Bertz CT molecular complexity index is 793. The van der Waals surface area contributed by atoms with Gasteiger partial charge < -0.3 is 24.1 Å². The lowest BCUT2D eigenvalue weighted by molar-refractivity contribution is -0.284. The van der Waals surface area contributed by atoms with E-state index < -0.39 is 42.6 Å². The van der Waals surface area contributed by atoms with Crippen LogP contribution in [0, 0.1) is 0 Å². The Morgan fingerprint density at radius 1 is 0.857 bits per heavy atom. The first-order chi connectivity index (χ1) is 13.5. The molecule has 0 saturated carbocycles. The molecule has 5 atom stereocenters. The van der Waals surface area contributed by atoms with Crippen LogP contribution in [0.25, 0.3) is 0 Å². The van der Waals surface area contributed by atoms with Crippen molar-refractivity contribution in [3.63, 3.8) is 0 Å². The third kappa shape index (κ3) is 4.39. The van der Waals surface area contributed by atoms with E-state index in [-0.39, 0.29) is 0 Å². The van der Waals surface area contributed by atoms with Crippen molar-refractivity contribution in [1.82, 2.24) is 0 Å². The second kappa shape index (κ2) is 8.97. The Morgan fingerprint density at radius 3 is 1.79 bits per heavy atom. The van der Waals surface area contributed by atoms with Crippen molar-refractivity contribution in [3.8, 4) is 0 Å². The first-order valence-corrected chi connectivity index (χ1v) is 8.89. The number of carbonyl (C=O) groups excluding carboxylic acids is 2. The van der Waals surface area contributed by atoms with Crippen LogP contribution in [0.4, 0.5) is 0 Å². The number of aliphatic hydroxyl groups excluding tert-OH is 1. The van der Waals surface area contributed by atoms with Crippen molar-refractivity contribution in [1.29, 1.82) is 0 Å². The number of esters is 2. The summed E-state index contributed by atoms with van der Waals surface area (Å²) in [5.74, 6) is -1.25. The lowest BCUT2D eigenvalue weighted by atomic mass is 9.99. The molecule has 2 aromatic carbocycles. The van der Waals surface area contributed by atoms with Gasteiger partial charge in [0.25, 0.3) is 0 Å². The molecule has 1 saturated heterocycles. The predicted molar refractivity (Wildman–Crippen MR) is 98.6 cm³/mol. The van der Waals surface area contributed by atoms with Crippen LogP contribution in [0.3, 0.4) is 0 Å². The molecule has 1 heterocycles. The highest BCUT2D eigenvalue weighted by Gasteiger charge is 2.48. The minimum Gasteiger partial charge on any atom is -0.452 e. The molecule has 0 spiro atoms. The quantitative estimate of drug-likeness (QED) is 0.788. The largest absolute Gasteiger partial charge is 0.452 e. The maximum atomic E-state index is 12.5. The molecule has 3 rings (SSSR count). The van der Waals surface area contributed by atoms with Gasteiger partial charge in [-0.2, -0.15) is 0 Å². The second-order valence-electron chi connectivity index (χ2n) is 6.41. The summed E-state index contributed by atoms with van der Waals surface area (Å²) in [4.78, 5) is 25.0. The number of hydrogen-bond donors (Lipinski definition) is 1. The normalized spacial score (nSPS) is 27.0. The maximum Gasteiger partial charge on any atom is 0.338 e. The Hall–Kier alpha value is -2.74. The highest BCUT2D eigenvalue weighted by molar-refractivity contribution is 5.90. The maximum absolute atomic E-state index is 12.5. The van der Waals surface area contributed by atoms with Gasteiger partial charge in [0.15, 0.2) is 18.5 Å². The van der Waals surface area contributed by atoms with Crippen LogP contribution in [-0.2, 0) is 18.9 Å². The number of carbonyl (C=O) groups is 2. The van der Waals surface area contributed by atoms with E-state index in [0.29, 0.717) is 11.1 Å². The summed E-state index contributed by atoms with van der Waals surface area (Å²) in [5.41, 5.74) is 0.655. The highest BCUT2D eigenvalue weighted by atomic mass is 16.7. The minimum atomic E-state index is -1.33. The first-order valence-electron chi connectivity index (χ1n) is 8.89. The number of rotatable bonds is 5. The van der Waals surface area contributed by atoms with Crippen molar-refractivity contribution in [3.05, 3.63) is 71.8 Å². The summed E-state index contributed by atoms with van der Waals surface area (Å²) in [6, 6.07) is 16.8. The molecular weight excluding hydrogens is 364 g/mol. The number of ether oxygens (including phenoxy) is 4. The fourth-order valence-electron chi connectivity index (χ4n) is 3.01. The van der Waals surface area contributed by atoms with E-state index in [2.05, 4.69) is 0 Å². The molecular formula is C21H22O7. The van der Waals surface area contributed by atoms with Gasteiger partial charge >= 0.3 is 11.9 Å². The monoisotopic (exact) mass is 386 g/mol. The molecule has 1 fully saturated rings. The Kier molecular flexibility index (Phi) is 6.41. The average Bonchev–Trinajstić information content (AvgIpc) is 2.73. The SMILES string of the molecule is CO[C@@H]1O[C@@H](C)[C@H](OC(=O)c2ccccc2)[C@@H](OC(=O)c2ccccc2)[C@H]1O. The van der Waals surface area contributed by atoms with E-state index in [4.69, 9.17) is 18.9 Å². The van der Waals surface area contributed by atoms with Crippen molar-refractivity contribution in [2.24, 2.45) is 0 Å². The molecule has 0 bridgehead atoms. The van der Waals surface area contributed by atoms with Gasteiger partial charge in [0.1, 0.15) is 6.10 Å². The molecule has 0 aliphatic carbocycles. The van der Waals surface area contributed by atoms with E-state index in [1.165, 1.54) is 7.11 Å². The van der Waals surface area contributed by atoms with E-state index in [0.717, 1.165) is 0 Å².